The number of benzene rings is 4. The summed E-state index contributed by atoms with van der Waals surface area (Å²) in [6.45, 7) is 1.95. The number of nitrogen functional groups attached to an aromatic ring is 1. The molecule has 0 bridgehead atoms. The maximum absolute atomic E-state index is 14.6. The summed E-state index contributed by atoms with van der Waals surface area (Å²) in [5.41, 5.74) is 2.21. The Kier molecular flexibility index (Phi) is 21.2. The number of carbonyl (C=O) groups excluding carboxylic acids is 2. The van der Waals surface area contributed by atoms with E-state index in [0.29, 0.717) is 3.57 Å². The maximum atomic E-state index is 14.6. The molecule has 4 saturated heterocycles. The summed E-state index contributed by atoms with van der Waals surface area (Å²) in [5, 5.41) is 30.3. The molecule has 0 radical (unpaired) electrons. The number of piperidine rings is 2. The molecule has 4 aromatic carbocycles. The zero-order chi connectivity index (χ0) is 46.2. The number of hydrogen-bond acceptors (Lipinski definition) is 8. The van der Waals surface area contributed by atoms with Crippen LogP contribution in [0.3, 0.4) is 0 Å². The van der Waals surface area contributed by atoms with Gasteiger partial charge in [-0.2, -0.15) is 0 Å². The third-order valence-electron chi connectivity index (χ3n) is 11.1. The van der Waals surface area contributed by atoms with Crippen LogP contribution in [0.4, 0.5) is 47.8 Å². The fourth-order valence-electron chi connectivity index (χ4n) is 7.69. The van der Waals surface area contributed by atoms with Crippen molar-refractivity contribution in [3.05, 3.63) is 120 Å². The summed E-state index contributed by atoms with van der Waals surface area (Å²) >= 11 is 8.20. The zero-order valence-corrected chi connectivity index (χ0v) is 44.6. The number of β-amino-alcohol motifs (C(OH)–C–C–N with tert-alkyl or cyclic N) is 2. The fraction of sp³-hybridized carbons (Fsp3) is 0.381. The molecule has 10 nitrogen and oxygen atoms in total. The Bertz CT molecular complexity index is 2260. The minimum atomic E-state index is -1.66. The molecule has 350 valence electrons. The fourth-order valence-corrected chi connectivity index (χ4v) is 8.59. The number of amides is 2. The molecule has 0 saturated carbocycles. The van der Waals surface area contributed by atoms with Crippen LogP contribution in [0.5, 0.6) is 0 Å². The monoisotopic (exact) mass is 1460 g/mol. The van der Waals surface area contributed by atoms with Crippen LogP contribution in [-0.2, 0) is 0 Å². The van der Waals surface area contributed by atoms with Gasteiger partial charge in [-0.05, 0) is 145 Å². The lowest BCUT2D eigenvalue weighted by molar-refractivity contribution is -0.108. The molecular formula is C42H44F7I5N6O4. The van der Waals surface area contributed by atoms with Crippen molar-refractivity contribution in [2.45, 2.75) is 61.8 Å². The summed E-state index contributed by atoms with van der Waals surface area (Å²) in [6.07, 6.45) is 5.75. The highest BCUT2D eigenvalue weighted by molar-refractivity contribution is 15.0. The average molecular weight is 1460 g/mol. The largest absolute Gasteiger partial charge is 0.396 e. The van der Waals surface area contributed by atoms with Gasteiger partial charge in [0.2, 0.25) is 0 Å². The predicted molar refractivity (Wildman–Crippen MR) is 275 cm³/mol. The van der Waals surface area contributed by atoms with E-state index in [2.05, 4.69) is 53.2 Å². The second-order valence-corrected chi connectivity index (χ2v) is 17.9. The van der Waals surface area contributed by atoms with Gasteiger partial charge >= 0.3 is 0 Å². The van der Waals surface area contributed by atoms with Crippen LogP contribution in [0.15, 0.2) is 60.7 Å². The SMILES string of the molecule is I.II.Nc1ccc(I)cc1F.O=C(c1ccc(F)c(F)c1F)N1CC(O)([C@@H]2CCCCN2)C1.O=C(c1ccc(F)c(F)c1Nc1ccc(I)cc1F)N1CC(O)([C@@H]2CCCCN2)C1. The van der Waals surface area contributed by atoms with Gasteiger partial charge in [-0.25, -0.2) is 30.7 Å². The van der Waals surface area contributed by atoms with E-state index < -0.39 is 69.2 Å². The van der Waals surface area contributed by atoms with Crippen molar-refractivity contribution in [1.82, 2.24) is 20.4 Å². The standard InChI is InChI=1S/C21H21F3IN3O2.C15H17F3N2O2.C6H5FIN.I2.HI/c22-14-6-5-13(19(18(14)24)27-16-7-4-12(25)9-15(16)23)20(29)28-10-21(30,11-28)17-3-1-2-8-26-17;16-10-5-4-9(12(17)13(10)18)14(21)20-7-15(22,8-20)11-3-1-2-6-19-11;7-5-3-4(8)1-2-6(5)9;1-2;/h4-7,9,17,26-27,30H,1-3,8,10-11H2;4-5,11,19,22H,1-3,6-8H2;1-3H,9H2;;1H/t17-;11-;;;/m00.../s1. The van der Waals surface area contributed by atoms with Crippen LogP contribution in [0.25, 0.3) is 0 Å². The van der Waals surface area contributed by atoms with Crippen LogP contribution in [0.2, 0.25) is 0 Å². The van der Waals surface area contributed by atoms with Gasteiger partial charge in [0.05, 0.1) is 54.4 Å². The second-order valence-electron chi connectivity index (χ2n) is 15.5. The van der Waals surface area contributed by atoms with Crippen molar-refractivity contribution in [2.24, 2.45) is 0 Å². The normalized spacial score (nSPS) is 19.3. The number of anilines is 3. The molecule has 8 rings (SSSR count). The number of nitrogens with zero attached hydrogens (tertiary/aromatic N) is 2. The first-order valence-electron chi connectivity index (χ1n) is 19.6. The molecule has 4 heterocycles. The van der Waals surface area contributed by atoms with Gasteiger partial charge in [0.1, 0.15) is 22.8 Å². The van der Waals surface area contributed by atoms with E-state index in [0.717, 1.165) is 73.4 Å². The number of rotatable bonds is 6. The van der Waals surface area contributed by atoms with Gasteiger partial charge in [0.15, 0.2) is 29.1 Å². The zero-order valence-electron chi connectivity index (χ0n) is 33.7. The maximum Gasteiger partial charge on any atom is 0.257 e. The summed E-state index contributed by atoms with van der Waals surface area (Å²) in [5.74, 6) is -9.17. The minimum Gasteiger partial charge on any atom is -0.396 e. The predicted octanol–water partition coefficient (Wildman–Crippen LogP) is 9.62. The van der Waals surface area contributed by atoms with Gasteiger partial charge in [0.25, 0.3) is 11.8 Å². The van der Waals surface area contributed by atoms with Gasteiger partial charge in [-0.1, -0.05) is 12.8 Å². The van der Waals surface area contributed by atoms with Crippen molar-refractivity contribution in [1.29, 1.82) is 0 Å². The lowest BCUT2D eigenvalue weighted by Crippen LogP contribution is -2.72. The van der Waals surface area contributed by atoms with Crippen LogP contribution in [0.1, 0.15) is 59.2 Å². The van der Waals surface area contributed by atoms with E-state index in [4.69, 9.17) is 5.73 Å². The molecular weight excluding hydrogens is 1420 g/mol. The lowest BCUT2D eigenvalue weighted by atomic mass is 9.81. The molecule has 4 aromatic rings. The Balaban J connectivity index is 0.000000231. The van der Waals surface area contributed by atoms with Crippen LogP contribution in [0, 0.1) is 47.9 Å². The van der Waals surface area contributed by atoms with Gasteiger partial charge in [0, 0.05) is 56.5 Å². The average Bonchev–Trinajstić information content (AvgIpc) is 3.26. The summed E-state index contributed by atoms with van der Waals surface area (Å²) in [7, 11) is 0. The van der Waals surface area contributed by atoms with Gasteiger partial charge in [-0.15, -0.1) is 24.0 Å². The first-order chi connectivity index (χ1) is 29.9. The Labute approximate surface area is 433 Å². The molecule has 0 unspecified atom stereocenters. The molecule has 22 heteroatoms. The van der Waals surface area contributed by atoms with Crippen molar-refractivity contribution in [2.75, 3.05) is 50.3 Å². The van der Waals surface area contributed by atoms with E-state index in [9.17, 15) is 50.5 Å². The third-order valence-corrected chi connectivity index (χ3v) is 12.4. The molecule has 2 amide bonds. The topological polar surface area (TPSA) is 143 Å². The quantitative estimate of drug-likeness (QED) is 0.0486. The first kappa shape index (κ1) is 55.0. The molecule has 4 aliphatic heterocycles. The smallest absolute Gasteiger partial charge is 0.257 e. The number of hydrogen-bond donors (Lipinski definition) is 6. The molecule has 4 aliphatic rings. The van der Waals surface area contributed by atoms with E-state index in [1.165, 1.54) is 34.1 Å². The van der Waals surface area contributed by atoms with E-state index in [1.807, 2.05) is 45.2 Å². The number of nitrogens with one attached hydrogen (secondary N) is 3. The van der Waals surface area contributed by atoms with E-state index >= 15 is 0 Å². The van der Waals surface area contributed by atoms with E-state index in [-0.39, 0.29) is 85.0 Å². The number of aliphatic hydroxyl groups is 2. The van der Waals surface area contributed by atoms with Crippen LogP contribution >= 0.6 is 106 Å². The van der Waals surface area contributed by atoms with Crippen molar-refractivity contribution in [3.63, 3.8) is 0 Å². The Morgan fingerprint density at radius 2 is 1.08 bits per heavy atom. The Morgan fingerprint density at radius 1 is 0.625 bits per heavy atom. The molecule has 4 fully saturated rings. The summed E-state index contributed by atoms with van der Waals surface area (Å²) in [4.78, 5) is 27.8. The number of nitrogens with two attached hydrogens (primary N) is 1. The van der Waals surface area contributed by atoms with Crippen LogP contribution < -0.4 is 21.7 Å². The number of carbonyl (C=O) groups is 2. The van der Waals surface area contributed by atoms with Crippen LogP contribution in [-0.4, -0.2) is 94.4 Å². The molecule has 0 aliphatic carbocycles. The Hall–Kier alpha value is -1.58. The lowest BCUT2D eigenvalue weighted by Gasteiger charge is -2.51. The van der Waals surface area contributed by atoms with Crippen molar-refractivity contribution < 1.29 is 50.5 Å². The Morgan fingerprint density at radius 3 is 1.53 bits per heavy atom. The molecule has 0 aromatic heterocycles. The molecule has 2 atom stereocenters. The summed E-state index contributed by atoms with van der Waals surface area (Å²) < 4.78 is 96.3. The van der Waals surface area contributed by atoms with Gasteiger partial charge in [-0.3, -0.25) is 9.59 Å². The van der Waals surface area contributed by atoms with Crippen molar-refractivity contribution >= 4 is 135 Å². The van der Waals surface area contributed by atoms with E-state index in [1.54, 1.807) is 18.2 Å². The summed E-state index contributed by atoms with van der Waals surface area (Å²) in [6, 6.07) is 12.5. The highest BCUT2D eigenvalue weighted by atomic mass is 128. The number of halogens is 12. The van der Waals surface area contributed by atoms with Gasteiger partial charge < -0.3 is 41.7 Å². The molecule has 64 heavy (non-hydrogen) atoms. The van der Waals surface area contributed by atoms with Crippen molar-refractivity contribution in [3.8, 4) is 0 Å². The second kappa shape index (κ2) is 24.6. The highest BCUT2D eigenvalue weighted by Crippen LogP contribution is 2.35. The first-order valence-corrected chi connectivity index (χ1v) is 28.0. The highest BCUT2D eigenvalue weighted by Gasteiger charge is 2.51. The third kappa shape index (κ3) is 13.3. The number of likely N-dealkylation sites (tertiary alicyclic amines) is 2. The molecule has 0 spiro atoms. The molecule has 7 N–H and O–H groups in total. The minimum absolute atomic E-state index is 0.